The van der Waals surface area contributed by atoms with Crippen LogP contribution in [0.3, 0.4) is 0 Å². The predicted molar refractivity (Wildman–Crippen MR) is 129 cm³/mol. The predicted octanol–water partition coefficient (Wildman–Crippen LogP) is 4.63. The molecule has 4 rings (SSSR count). The van der Waals surface area contributed by atoms with Gasteiger partial charge in [-0.3, -0.25) is 9.59 Å². The molecule has 1 atom stereocenters. The molecule has 1 aromatic carbocycles. The molecule has 3 heterocycles. The molecule has 3 aromatic rings. The first-order chi connectivity index (χ1) is 15.7. The van der Waals surface area contributed by atoms with Crippen molar-refractivity contribution in [2.45, 2.75) is 25.7 Å². The van der Waals surface area contributed by atoms with Crippen LogP contribution in [0.5, 0.6) is 0 Å². The molecule has 2 amide bonds. The maximum atomic E-state index is 12.8. The maximum absolute atomic E-state index is 12.8. The molecule has 166 valence electrons. The summed E-state index contributed by atoms with van der Waals surface area (Å²) in [6, 6.07) is 17.5. The minimum atomic E-state index is -0.187. The van der Waals surface area contributed by atoms with Gasteiger partial charge in [0.25, 0.3) is 5.91 Å². The number of rotatable bonds is 6. The second-order valence-corrected chi connectivity index (χ2v) is 8.82. The number of amides is 2. The number of aromatic nitrogens is 1. The van der Waals surface area contributed by atoms with E-state index >= 15 is 0 Å². The van der Waals surface area contributed by atoms with Crippen LogP contribution >= 0.6 is 11.3 Å². The first-order valence-corrected chi connectivity index (χ1v) is 11.9. The van der Waals surface area contributed by atoms with Crippen LogP contribution in [0.1, 0.15) is 40.9 Å². The Bertz CT molecular complexity index is 1020. The van der Waals surface area contributed by atoms with E-state index in [4.69, 9.17) is 0 Å². The van der Waals surface area contributed by atoms with Gasteiger partial charge in [0.2, 0.25) is 5.91 Å². The van der Waals surface area contributed by atoms with E-state index in [9.17, 15) is 9.59 Å². The summed E-state index contributed by atoms with van der Waals surface area (Å²) in [5.74, 6) is 0.763. The Morgan fingerprint density at radius 3 is 2.56 bits per heavy atom. The van der Waals surface area contributed by atoms with Crippen molar-refractivity contribution in [1.82, 2.24) is 9.88 Å². The lowest BCUT2D eigenvalue weighted by molar-refractivity contribution is -0.117. The van der Waals surface area contributed by atoms with Gasteiger partial charge in [-0.05, 0) is 42.0 Å². The van der Waals surface area contributed by atoms with Gasteiger partial charge in [-0.1, -0.05) is 43.3 Å². The van der Waals surface area contributed by atoms with Crippen LogP contribution < -0.4 is 10.2 Å². The molecule has 0 aliphatic carbocycles. The molecule has 1 saturated heterocycles. The smallest absolute Gasteiger partial charge is 0.263 e. The number of nitrogens with one attached hydrogen (secondary N) is 1. The van der Waals surface area contributed by atoms with Gasteiger partial charge in [-0.2, -0.15) is 0 Å². The number of benzene rings is 1. The van der Waals surface area contributed by atoms with Crippen LogP contribution in [-0.4, -0.2) is 47.9 Å². The Hall–Kier alpha value is -3.19. The van der Waals surface area contributed by atoms with E-state index in [2.05, 4.69) is 15.2 Å². The Kier molecular flexibility index (Phi) is 7.17. The lowest BCUT2D eigenvalue weighted by Gasteiger charge is -2.23. The van der Waals surface area contributed by atoms with Crippen molar-refractivity contribution in [2.75, 3.05) is 36.4 Å². The highest BCUT2D eigenvalue weighted by molar-refractivity contribution is 7.12. The van der Waals surface area contributed by atoms with Gasteiger partial charge in [0, 0.05) is 26.2 Å². The van der Waals surface area contributed by atoms with Crippen molar-refractivity contribution in [1.29, 1.82) is 0 Å². The van der Waals surface area contributed by atoms with Crippen molar-refractivity contribution >= 4 is 34.7 Å². The average molecular weight is 449 g/mol. The summed E-state index contributed by atoms with van der Waals surface area (Å²) < 4.78 is 0. The van der Waals surface area contributed by atoms with Crippen LogP contribution in [0.25, 0.3) is 0 Å². The number of pyridine rings is 1. The van der Waals surface area contributed by atoms with E-state index in [0.29, 0.717) is 12.2 Å². The molecule has 0 radical (unpaired) electrons. The molecule has 1 unspecified atom stereocenters. The van der Waals surface area contributed by atoms with E-state index in [1.807, 2.05) is 71.8 Å². The molecule has 32 heavy (non-hydrogen) atoms. The first-order valence-electron chi connectivity index (χ1n) is 11.1. The van der Waals surface area contributed by atoms with Gasteiger partial charge in [0.15, 0.2) is 0 Å². The summed E-state index contributed by atoms with van der Waals surface area (Å²) in [6.07, 6.45) is 3.34. The quantitative estimate of drug-likeness (QED) is 0.597. The van der Waals surface area contributed by atoms with Crippen molar-refractivity contribution in [3.8, 4) is 0 Å². The standard InChI is InChI=1S/C25H28N4O2S/c1-2-21(19-8-4-3-5-9-19)24(30)27-20-11-12-23(26-18-20)28-13-7-14-29(16-15-28)25(31)22-10-6-17-32-22/h3-6,8-12,17-18,21H,2,7,13-16H2,1H3,(H,27,30). The number of hydrogen-bond acceptors (Lipinski definition) is 5. The third-order valence-electron chi connectivity index (χ3n) is 5.78. The summed E-state index contributed by atoms with van der Waals surface area (Å²) in [5, 5.41) is 4.93. The molecule has 0 saturated carbocycles. The minimum Gasteiger partial charge on any atom is -0.355 e. The zero-order valence-electron chi connectivity index (χ0n) is 18.2. The summed E-state index contributed by atoms with van der Waals surface area (Å²) >= 11 is 1.49. The van der Waals surface area contributed by atoms with Crippen molar-refractivity contribution in [3.05, 3.63) is 76.6 Å². The Labute approximate surface area is 192 Å². The van der Waals surface area contributed by atoms with Gasteiger partial charge in [0.1, 0.15) is 5.82 Å². The highest BCUT2D eigenvalue weighted by atomic mass is 32.1. The zero-order chi connectivity index (χ0) is 22.3. The third-order valence-corrected chi connectivity index (χ3v) is 6.64. The van der Waals surface area contributed by atoms with E-state index < -0.39 is 0 Å². The topological polar surface area (TPSA) is 65.5 Å². The average Bonchev–Trinajstić information content (AvgIpc) is 3.25. The van der Waals surface area contributed by atoms with Gasteiger partial charge in [-0.15, -0.1) is 11.3 Å². The van der Waals surface area contributed by atoms with Crippen LogP contribution in [0, 0.1) is 0 Å². The van der Waals surface area contributed by atoms with Crippen LogP contribution in [0.15, 0.2) is 66.2 Å². The van der Waals surface area contributed by atoms with E-state index in [1.54, 1.807) is 6.20 Å². The molecular formula is C25H28N4O2S. The SMILES string of the molecule is CCC(C(=O)Nc1ccc(N2CCCN(C(=O)c3cccs3)CC2)nc1)c1ccccc1. The Morgan fingerprint density at radius 2 is 1.88 bits per heavy atom. The van der Waals surface area contributed by atoms with Gasteiger partial charge in [-0.25, -0.2) is 4.98 Å². The molecule has 1 N–H and O–H groups in total. The van der Waals surface area contributed by atoms with Crippen LogP contribution in [0.4, 0.5) is 11.5 Å². The number of carbonyl (C=O) groups excluding carboxylic acids is 2. The van der Waals surface area contributed by atoms with Crippen molar-refractivity contribution in [2.24, 2.45) is 0 Å². The zero-order valence-corrected chi connectivity index (χ0v) is 19.1. The molecular weight excluding hydrogens is 420 g/mol. The van der Waals surface area contributed by atoms with Crippen LogP contribution in [-0.2, 0) is 4.79 Å². The molecule has 2 aromatic heterocycles. The Balaban J connectivity index is 1.36. The molecule has 1 aliphatic rings. The third kappa shape index (κ3) is 5.16. The van der Waals surface area contributed by atoms with Crippen LogP contribution in [0.2, 0.25) is 0 Å². The largest absolute Gasteiger partial charge is 0.355 e. The summed E-state index contributed by atoms with van der Waals surface area (Å²) in [6.45, 7) is 5.02. The number of nitrogens with zero attached hydrogens (tertiary/aromatic N) is 3. The fourth-order valence-corrected chi connectivity index (χ4v) is 4.73. The summed E-state index contributed by atoms with van der Waals surface area (Å²) in [5.41, 5.74) is 1.71. The highest BCUT2D eigenvalue weighted by Crippen LogP contribution is 2.23. The van der Waals surface area contributed by atoms with Crippen molar-refractivity contribution in [3.63, 3.8) is 0 Å². The van der Waals surface area contributed by atoms with Gasteiger partial charge >= 0.3 is 0 Å². The first kappa shape index (κ1) is 22.0. The number of carbonyl (C=O) groups is 2. The monoisotopic (exact) mass is 448 g/mol. The van der Waals surface area contributed by atoms with E-state index in [-0.39, 0.29) is 17.7 Å². The fourth-order valence-electron chi connectivity index (χ4n) is 4.04. The van der Waals surface area contributed by atoms with E-state index in [1.165, 1.54) is 11.3 Å². The summed E-state index contributed by atoms with van der Waals surface area (Å²) in [4.78, 5) is 34.9. The molecule has 1 aliphatic heterocycles. The Morgan fingerprint density at radius 1 is 1.03 bits per heavy atom. The molecule has 1 fully saturated rings. The molecule has 0 bridgehead atoms. The molecule has 7 heteroatoms. The lowest BCUT2D eigenvalue weighted by Crippen LogP contribution is -2.35. The molecule has 0 spiro atoms. The second-order valence-electron chi connectivity index (χ2n) is 7.88. The number of hydrogen-bond donors (Lipinski definition) is 1. The highest BCUT2D eigenvalue weighted by Gasteiger charge is 2.22. The van der Waals surface area contributed by atoms with Gasteiger partial charge < -0.3 is 15.1 Å². The van der Waals surface area contributed by atoms with Crippen molar-refractivity contribution < 1.29 is 9.59 Å². The molecule has 6 nitrogen and oxygen atoms in total. The summed E-state index contributed by atoms with van der Waals surface area (Å²) in [7, 11) is 0. The van der Waals surface area contributed by atoms with E-state index in [0.717, 1.165) is 48.7 Å². The minimum absolute atomic E-state index is 0.0225. The number of anilines is 2. The fraction of sp³-hybridized carbons (Fsp3) is 0.320. The normalized spacial score (nSPS) is 15.2. The van der Waals surface area contributed by atoms with Gasteiger partial charge in [0.05, 0.1) is 22.7 Å². The maximum Gasteiger partial charge on any atom is 0.263 e. The number of thiophene rings is 1. The lowest BCUT2D eigenvalue weighted by atomic mass is 9.95. The second kappa shape index (κ2) is 10.4.